The maximum atomic E-state index is 14.1. The number of nitrogens with zero attached hydrogens (tertiary/aromatic N) is 5. The number of hydrogen-bond donors (Lipinski definition) is 1. The molecule has 1 saturated carbocycles. The van der Waals surface area contributed by atoms with Crippen LogP contribution in [0.5, 0.6) is 0 Å². The lowest BCUT2D eigenvalue weighted by Gasteiger charge is -2.35. The average Bonchev–Trinajstić information content (AvgIpc) is 3.51. The van der Waals surface area contributed by atoms with Crippen LogP contribution >= 0.6 is 11.6 Å². The van der Waals surface area contributed by atoms with Gasteiger partial charge in [0.25, 0.3) is 0 Å². The van der Waals surface area contributed by atoms with Gasteiger partial charge < -0.3 is 15.4 Å². The zero-order valence-corrected chi connectivity index (χ0v) is 20.0. The first-order chi connectivity index (χ1) is 15.3. The quantitative estimate of drug-likeness (QED) is 0.671. The molecule has 1 unspecified atom stereocenters. The minimum absolute atomic E-state index is 0.169. The largest absolute Gasteiger partial charge is 0.384 e. The predicted octanol–water partition coefficient (Wildman–Crippen LogP) is 3.64. The minimum atomic E-state index is -2.43. The summed E-state index contributed by atoms with van der Waals surface area (Å²) in [6.45, 7) is 6.17. The van der Waals surface area contributed by atoms with E-state index in [1.54, 1.807) is 12.1 Å². The molecule has 0 bridgehead atoms. The zero-order valence-electron chi connectivity index (χ0n) is 18.5. The van der Waals surface area contributed by atoms with E-state index in [9.17, 15) is 4.21 Å². The van der Waals surface area contributed by atoms with Gasteiger partial charge in [-0.25, -0.2) is 23.5 Å². The van der Waals surface area contributed by atoms with Crippen molar-refractivity contribution in [3.63, 3.8) is 0 Å². The zero-order chi connectivity index (χ0) is 22.5. The molecule has 0 spiro atoms. The summed E-state index contributed by atoms with van der Waals surface area (Å²) >= 11 is 6.18. The van der Waals surface area contributed by atoms with Crippen LogP contribution in [0.25, 0.3) is 11.4 Å². The molecule has 4 heterocycles. The second kappa shape index (κ2) is 8.11. The lowest BCUT2D eigenvalue weighted by Crippen LogP contribution is -2.44. The minimum Gasteiger partial charge on any atom is -0.384 e. The summed E-state index contributed by atoms with van der Waals surface area (Å²) in [6, 6.07) is 5.85. The molecule has 0 radical (unpaired) electrons. The summed E-state index contributed by atoms with van der Waals surface area (Å²) < 4.78 is 23.9. The fourth-order valence-electron chi connectivity index (χ4n) is 4.57. The molecule has 8 nitrogen and oxygen atoms in total. The monoisotopic (exact) mass is 476 g/mol. The van der Waals surface area contributed by atoms with Crippen LogP contribution in [0.1, 0.15) is 45.2 Å². The predicted molar refractivity (Wildman–Crippen MR) is 127 cm³/mol. The average molecular weight is 477 g/mol. The Labute approximate surface area is 194 Å². The number of pyridine rings is 1. The molecule has 0 amide bonds. The van der Waals surface area contributed by atoms with Crippen molar-refractivity contribution in [3.05, 3.63) is 29.0 Å². The van der Waals surface area contributed by atoms with E-state index in [1.165, 1.54) is 0 Å². The topological polar surface area (TPSA) is 107 Å². The van der Waals surface area contributed by atoms with Crippen LogP contribution in [0.2, 0.25) is 5.15 Å². The van der Waals surface area contributed by atoms with Gasteiger partial charge in [-0.05, 0) is 51.7 Å². The number of ether oxygens (including phenoxy) is 1. The van der Waals surface area contributed by atoms with Crippen molar-refractivity contribution in [1.82, 2.24) is 15.0 Å². The highest BCUT2D eigenvalue weighted by Crippen LogP contribution is 2.45. The van der Waals surface area contributed by atoms with Crippen molar-refractivity contribution in [1.29, 1.82) is 0 Å². The summed E-state index contributed by atoms with van der Waals surface area (Å²) in [5.74, 6) is 2.24. The molecule has 2 saturated heterocycles. The second-order valence-electron chi connectivity index (χ2n) is 9.17. The van der Waals surface area contributed by atoms with E-state index in [2.05, 4.69) is 23.7 Å². The number of halogens is 1. The van der Waals surface area contributed by atoms with Crippen LogP contribution in [0.3, 0.4) is 0 Å². The third-order valence-corrected chi connectivity index (χ3v) is 10.1. The van der Waals surface area contributed by atoms with E-state index in [1.807, 2.05) is 6.07 Å². The molecule has 32 heavy (non-hydrogen) atoms. The molecule has 3 aliphatic rings. The third-order valence-electron chi connectivity index (χ3n) is 6.63. The van der Waals surface area contributed by atoms with Crippen LogP contribution in [-0.4, -0.2) is 56.8 Å². The molecular weight excluding hydrogens is 448 g/mol. The van der Waals surface area contributed by atoms with Crippen LogP contribution in [0.15, 0.2) is 22.6 Å². The van der Waals surface area contributed by atoms with Gasteiger partial charge in [0.15, 0.2) is 5.82 Å². The first-order valence-electron chi connectivity index (χ1n) is 11.2. The standard InChI is InChI=1S/C22H29ClN6O2S/c1-14-13-31-8-7-29(14)20-12-17(22(2)6-3-9-32(22,30)28-16-4-5-16)25-21(27-20)15-10-18(23)26-19(24)11-15/h10-12,14,16H,3-9,13H2,1-2H3,(H2,24,26)/t14-,22-,32?/m1/s1. The smallest absolute Gasteiger partial charge is 0.162 e. The Morgan fingerprint density at radius 2 is 2.09 bits per heavy atom. The normalized spacial score (nSPS) is 30.5. The van der Waals surface area contributed by atoms with Gasteiger partial charge in [0.05, 0.1) is 45.5 Å². The van der Waals surface area contributed by atoms with Crippen LogP contribution in [0.4, 0.5) is 11.6 Å². The van der Waals surface area contributed by atoms with E-state index in [4.69, 9.17) is 36.4 Å². The van der Waals surface area contributed by atoms with Crippen molar-refractivity contribution >= 4 is 33.0 Å². The number of aromatic nitrogens is 3. The van der Waals surface area contributed by atoms with Crippen LogP contribution in [-0.2, 0) is 19.2 Å². The van der Waals surface area contributed by atoms with E-state index >= 15 is 0 Å². The highest BCUT2D eigenvalue weighted by atomic mass is 35.5. The number of nitrogen functional groups attached to an aromatic ring is 1. The third kappa shape index (κ3) is 3.95. The Kier molecular flexibility index (Phi) is 5.54. The summed E-state index contributed by atoms with van der Waals surface area (Å²) in [5, 5.41) is 0.287. The number of rotatable bonds is 4. The molecule has 0 aromatic carbocycles. The Balaban J connectivity index is 1.68. The highest BCUT2D eigenvalue weighted by Gasteiger charge is 2.46. The number of anilines is 2. The first kappa shape index (κ1) is 21.9. The van der Waals surface area contributed by atoms with Crippen LogP contribution in [0, 0.1) is 0 Å². The first-order valence-corrected chi connectivity index (χ1v) is 13.2. The maximum absolute atomic E-state index is 14.1. The van der Waals surface area contributed by atoms with Crippen molar-refractivity contribution in [2.24, 2.45) is 4.36 Å². The molecule has 3 atom stereocenters. The number of hydrogen-bond acceptors (Lipinski definition) is 8. The van der Waals surface area contributed by atoms with Gasteiger partial charge in [-0.3, -0.25) is 0 Å². The van der Waals surface area contributed by atoms with Gasteiger partial charge in [-0.15, -0.1) is 0 Å². The van der Waals surface area contributed by atoms with Gasteiger partial charge in [0.2, 0.25) is 0 Å². The molecule has 2 aromatic heterocycles. The van der Waals surface area contributed by atoms with E-state index in [0.717, 1.165) is 43.7 Å². The van der Waals surface area contributed by atoms with Crippen molar-refractivity contribution in [2.75, 3.05) is 36.1 Å². The van der Waals surface area contributed by atoms with E-state index in [0.29, 0.717) is 36.2 Å². The van der Waals surface area contributed by atoms with Gasteiger partial charge >= 0.3 is 0 Å². The Bertz CT molecular complexity index is 1140. The highest BCUT2D eigenvalue weighted by molar-refractivity contribution is 7.94. The van der Waals surface area contributed by atoms with Crippen molar-refractivity contribution < 1.29 is 8.95 Å². The Morgan fingerprint density at radius 1 is 1.28 bits per heavy atom. The van der Waals surface area contributed by atoms with Gasteiger partial charge in [-0.1, -0.05) is 11.6 Å². The fraction of sp³-hybridized carbons (Fsp3) is 0.591. The van der Waals surface area contributed by atoms with E-state index in [-0.39, 0.29) is 17.2 Å². The van der Waals surface area contributed by atoms with Gasteiger partial charge in [0, 0.05) is 23.9 Å². The number of morpholine rings is 1. The van der Waals surface area contributed by atoms with Crippen molar-refractivity contribution in [3.8, 4) is 11.4 Å². The maximum Gasteiger partial charge on any atom is 0.162 e. The molecule has 3 fully saturated rings. The summed E-state index contributed by atoms with van der Waals surface area (Å²) in [6.07, 6.45) is 3.74. The van der Waals surface area contributed by atoms with Gasteiger partial charge in [0.1, 0.15) is 16.8 Å². The Hall–Kier alpha value is -1.97. The fourth-order valence-corrected chi connectivity index (χ4v) is 7.69. The number of nitrogens with two attached hydrogens (primary N) is 1. The molecule has 10 heteroatoms. The molecule has 1 aliphatic carbocycles. The second-order valence-corrected chi connectivity index (χ2v) is 12.4. The summed E-state index contributed by atoms with van der Waals surface area (Å²) in [7, 11) is -2.43. The molecule has 2 aromatic rings. The molecule has 2 N–H and O–H groups in total. The van der Waals surface area contributed by atoms with E-state index < -0.39 is 14.5 Å². The van der Waals surface area contributed by atoms with Crippen molar-refractivity contribution in [2.45, 2.75) is 56.4 Å². The lowest BCUT2D eigenvalue weighted by atomic mass is 10.0. The molecule has 172 valence electrons. The SMILES string of the molecule is C[C@@H]1COCCN1c1cc([C@@]2(C)CCCS2(=O)=NC2CC2)nc(-c2cc(N)nc(Cl)c2)n1. The van der Waals surface area contributed by atoms with Gasteiger partial charge in [-0.2, -0.15) is 0 Å². The summed E-state index contributed by atoms with van der Waals surface area (Å²) in [4.78, 5) is 16.1. The lowest BCUT2D eigenvalue weighted by molar-refractivity contribution is 0.0985. The van der Waals surface area contributed by atoms with Crippen LogP contribution < -0.4 is 10.6 Å². The molecule has 5 rings (SSSR count). The summed E-state index contributed by atoms with van der Waals surface area (Å²) in [5.41, 5.74) is 7.42. The molecular formula is C22H29ClN6O2S. The Morgan fingerprint density at radius 3 is 2.81 bits per heavy atom. The molecule has 2 aliphatic heterocycles.